The first kappa shape index (κ1) is 18.3. The zero-order valence-corrected chi connectivity index (χ0v) is 16.3. The minimum Gasteiger partial charge on any atom is -0.497 e. The summed E-state index contributed by atoms with van der Waals surface area (Å²) in [6, 6.07) is 21.0. The maximum Gasteiger partial charge on any atom is 0.312 e. The van der Waals surface area contributed by atoms with E-state index in [4.69, 9.17) is 9.47 Å². The van der Waals surface area contributed by atoms with E-state index in [0.29, 0.717) is 5.56 Å². The van der Waals surface area contributed by atoms with Gasteiger partial charge in [0.15, 0.2) is 12.0 Å². The van der Waals surface area contributed by atoms with Crippen molar-refractivity contribution in [1.29, 1.82) is 0 Å². The molecule has 0 spiro atoms. The number of pyridine rings is 1. The summed E-state index contributed by atoms with van der Waals surface area (Å²) < 4.78 is 13.4. The maximum atomic E-state index is 12.3. The van der Waals surface area contributed by atoms with Crippen LogP contribution in [0.15, 0.2) is 84.0 Å². The zero-order valence-electron chi connectivity index (χ0n) is 15.4. The van der Waals surface area contributed by atoms with Gasteiger partial charge in [-0.1, -0.05) is 18.2 Å². The Kier molecular flexibility index (Phi) is 5.44. The summed E-state index contributed by atoms with van der Waals surface area (Å²) in [7, 11) is 1.60. The minimum absolute atomic E-state index is 0.000702. The normalized spacial score (nSPS) is 15.4. The smallest absolute Gasteiger partial charge is 0.312 e. The maximum absolute atomic E-state index is 12.3. The number of carbonyl (C=O) groups excluding carboxylic acids is 1. The summed E-state index contributed by atoms with van der Waals surface area (Å²) in [5.41, 5.74) is 1.58. The zero-order chi connectivity index (χ0) is 19.3. The number of ketones is 1. The van der Waals surface area contributed by atoms with Crippen molar-refractivity contribution in [2.75, 3.05) is 12.9 Å². The summed E-state index contributed by atoms with van der Waals surface area (Å²) in [6.45, 7) is 0. The molecule has 5 heteroatoms. The lowest BCUT2D eigenvalue weighted by Gasteiger charge is -2.09. The van der Waals surface area contributed by atoms with Crippen LogP contribution in [0.5, 0.6) is 11.5 Å². The Morgan fingerprint density at radius 2 is 1.79 bits per heavy atom. The third kappa shape index (κ3) is 4.10. The van der Waals surface area contributed by atoms with Crippen LogP contribution in [0.1, 0.15) is 22.1 Å². The van der Waals surface area contributed by atoms with Crippen LogP contribution in [0.2, 0.25) is 0 Å². The first-order valence-corrected chi connectivity index (χ1v) is 9.98. The van der Waals surface area contributed by atoms with E-state index in [9.17, 15) is 4.79 Å². The standard InChI is InChI=1S/C23H20NO3S/c1-26-19-12-8-18(9-13-19)21(25)14-7-17-5-10-20(11-6-17)27-22-16-28-23-4-2-3-15-24(22)23/h2-15,22H,16H2,1H3/q+1/b14-7+. The van der Waals surface area contributed by atoms with E-state index in [1.807, 2.05) is 48.7 Å². The van der Waals surface area contributed by atoms with Crippen molar-refractivity contribution in [2.24, 2.45) is 0 Å². The average molecular weight is 390 g/mol. The number of allylic oxidation sites excluding steroid dienone is 1. The van der Waals surface area contributed by atoms with Crippen molar-refractivity contribution in [3.05, 3.63) is 90.1 Å². The molecule has 2 heterocycles. The summed E-state index contributed by atoms with van der Waals surface area (Å²) in [5, 5.41) is 1.21. The van der Waals surface area contributed by atoms with Crippen LogP contribution in [0.4, 0.5) is 0 Å². The molecule has 3 aromatic rings. The quantitative estimate of drug-likeness (QED) is 0.351. The number of ether oxygens (including phenoxy) is 2. The molecule has 1 unspecified atom stereocenters. The third-order valence-corrected chi connectivity index (χ3v) is 5.58. The molecule has 0 bridgehead atoms. The van der Waals surface area contributed by atoms with Gasteiger partial charge in [-0.3, -0.25) is 4.79 Å². The number of thioether (sulfide) groups is 1. The van der Waals surface area contributed by atoms with Gasteiger partial charge in [-0.25, -0.2) is 0 Å². The number of aromatic nitrogens is 1. The van der Waals surface area contributed by atoms with Crippen molar-refractivity contribution >= 4 is 23.6 Å². The Balaban J connectivity index is 1.39. The molecular weight excluding hydrogens is 370 g/mol. The number of benzene rings is 2. The summed E-state index contributed by atoms with van der Waals surface area (Å²) in [5.74, 6) is 2.40. The summed E-state index contributed by atoms with van der Waals surface area (Å²) in [6.07, 6.45) is 5.43. The van der Waals surface area contributed by atoms with Gasteiger partial charge in [0.25, 0.3) is 0 Å². The molecule has 1 aromatic heterocycles. The molecule has 0 radical (unpaired) electrons. The van der Waals surface area contributed by atoms with Crippen molar-refractivity contribution in [1.82, 2.24) is 0 Å². The van der Waals surface area contributed by atoms with E-state index in [-0.39, 0.29) is 12.0 Å². The fourth-order valence-corrected chi connectivity index (χ4v) is 4.01. The van der Waals surface area contributed by atoms with Crippen LogP contribution in [0.3, 0.4) is 0 Å². The van der Waals surface area contributed by atoms with E-state index >= 15 is 0 Å². The van der Waals surface area contributed by atoms with Gasteiger partial charge in [0.1, 0.15) is 17.3 Å². The molecule has 1 aliphatic rings. The molecule has 0 aliphatic carbocycles. The van der Waals surface area contributed by atoms with Gasteiger partial charge in [-0.05, 0) is 65.9 Å². The van der Waals surface area contributed by atoms with Gasteiger partial charge in [0.2, 0.25) is 5.03 Å². The second kappa shape index (κ2) is 8.31. The third-order valence-electron chi connectivity index (χ3n) is 4.49. The van der Waals surface area contributed by atoms with Gasteiger partial charge in [0, 0.05) is 17.7 Å². The minimum atomic E-state index is -0.0426. The first-order valence-electron chi connectivity index (χ1n) is 8.99. The Hall–Kier alpha value is -3.05. The first-order chi connectivity index (χ1) is 13.7. The van der Waals surface area contributed by atoms with Gasteiger partial charge >= 0.3 is 6.23 Å². The van der Waals surface area contributed by atoms with Crippen LogP contribution in [-0.2, 0) is 0 Å². The fourth-order valence-electron chi connectivity index (χ4n) is 2.97. The van der Waals surface area contributed by atoms with Crippen molar-refractivity contribution in [3.63, 3.8) is 0 Å². The Morgan fingerprint density at radius 1 is 1.04 bits per heavy atom. The van der Waals surface area contributed by atoms with Crippen molar-refractivity contribution in [3.8, 4) is 11.5 Å². The lowest BCUT2D eigenvalue weighted by molar-refractivity contribution is -0.775. The molecule has 0 amide bonds. The number of hydrogen-bond donors (Lipinski definition) is 0. The number of methoxy groups -OCH3 is 1. The molecule has 140 valence electrons. The number of nitrogens with zero attached hydrogens (tertiary/aromatic N) is 1. The van der Waals surface area contributed by atoms with E-state index in [1.165, 1.54) is 5.03 Å². The fraction of sp³-hybridized carbons (Fsp3) is 0.130. The molecule has 0 fully saturated rings. The SMILES string of the molecule is COc1ccc(C(=O)/C=C/c2ccc(OC3CSc4cccc[n+]43)cc2)cc1. The average Bonchev–Trinajstić information content (AvgIpc) is 3.16. The second-order valence-electron chi connectivity index (χ2n) is 6.32. The largest absolute Gasteiger partial charge is 0.497 e. The van der Waals surface area contributed by atoms with Crippen LogP contribution >= 0.6 is 11.8 Å². The van der Waals surface area contributed by atoms with Gasteiger partial charge in [0.05, 0.1) is 7.11 Å². The highest BCUT2D eigenvalue weighted by Crippen LogP contribution is 2.28. The highest BCUT2D eigenvalue weighted by Gasteiger charge is 2.32. The molecule has 4 nitrogen and oxygen atoms in total. The van der Waals surface area contributed by atoms with E-state index in [2.05, 4.69) is 10.6 Å². The lowest BCUT2D eigenvalue weighted by Crippen LogP contribution is -2.41. The molecule has 0 saturated heterocycles. The second-order valence-corrected chi connectivity index (χ2v) is 7.37. The van der Waals surface area contributed by atoms with Crippen molar-refractivity contribution < 1.29 is 18.8 Å². The number of hydrogen-bond acceptors (Lipinski definition) is 4. The van der Waals surface area contributed by atoms with Crippen LogP contribution in [-0.4, -0.2) is 18.6 Å². The monoisotopic (exact) mass is 390 g/mol. The highest BCUT2D eigenvalue weighted by atomic mass is 32.2. The van der Waals surface area contributed by atoms with Crippen LogP contribution in [0, 0.1) is 0 Å². The molecule has 0 saturated carbocycles. The molecule has 28 heavy (non-hydrogen) atoms. The number of carbonyl (C=O) groups is 1. The Morgan fingerprint density at radius 3 is 2.54 bits per heavy atom. The predicted molar refractivity (Wildman–Crippen MR) is 110 cm³/mol. The lowest BCUT2D eigenvalue weighted by atomic mass is 10.1. The predicted octanol–water partition coefficient (Wildman–Crippen LogP) is 4.56. The molecular formula is C23H20NO3S+. The topological polar surface area (TPSA) is 39.4 Å². The highest BCUT2D eigenvalue weighted by molar-refractivity contribution is 7.99. The van der Waals surface area contributed by atoms with Gasteiger partial charge < -0.3 is 9.47 Å². The van der Waals surface area contributed by atoms with Crippen LogP contribution in [0.25, 0.3) is 6.08 Å². The summed E-state index contributed by atoms with van der Waals surface area (Å²) in [4.78, 5) is 12.3. The Labute approximate surface area is 168 Å². The van der Waals surface area contributed by atoms with Gasteiger partial charge in [-0.2, -0.15) is 4.57 Å². The molecule has 4 rings (SSSR count). The van der Waals surface area contributed by atoms with Gasteiger partial charge in [-0.15, -0.1) is 0 Å². The van der Waals surface area contributed by atoms with Crippen LogP contribution < -0.4 is 14.0 Å². The molecule has 2 aromatic carbocycles. The van der Waals surface area contributed by atoms with E-state index in [1.54, 1.807) is 49.2 Å². The summed E-state index contributed by atoms with van der Waals surface area (Å²) >= 11 is 1.79. The number of rotatable bonds is 6. The molecule has 1 atom stereocenters. The number of fused-ring (bicyclic) bond motifs is 1. The Bertz CT molecular complexity index is 997. The molecule has 1 aliphatic heterocycles. The van der Waals surface area contributed by atoms with E-state index < -0.39 is 0 Å². The van der Waals surface area contributed by atoms with Crippen molar-refractivity contribution in [2.45, 2.75) is 11.3 Å². The molecule has 0 N–H and O–H groups in total. The van der Waals surface area contributed by atoms with E-state index in [0.717, 1.165) is 22.8 Å².